The number of hydrogen-bond acceptors (Lipinski definition) is 11. The van der Waals surface area contributed by atoms with Gasteiger partial charge in [0.25, 0.3) is 0 Å². The van der Waals surface area contributed by atoms with E-state index in [9.17, 15) is 35.7 Å². The van der Waals surface area contributed by atoms with E-state index in [0.29, 0.717) is 0 Å². The van der Waals surface area contributed by atoms with Crippen LogP contribution in [-0.2, 0) is 14.2 Å². The highest BCUT2D eigenvalue weighted by molar-refractivity contribution is 4.93. The monoisotopic (exact) mass is 400 g/mol. The topological polar surface area (TPSA) is 190 Å². The second kappa shape index (κ2) is 11.5. The maximum Gasteiger partial charge on any atom is 0.187 e. The highest BCUT2D eigenvalue weighted by Gasteiger charge is 2.50. The normalized spacial score (nSPS) is 45.1. The zero-order chi connectivity index (χ0) is 20.7. The van der Waals surface area contributed by atoms with Gasteiger partial charge in [0.2, 0.25) is 0 Å². The molecule has 0 radical (unpaired) electrons. The van der Waals surface area contributed by atoms with Gasteiger partial charge in [-0.1, -0.05) is 26.7 Å². The quantitative estimate of drug-likeness (QED) is 0.228. The molecule has 0 aromatic rings. The van der Waals surface area contributed by atoms with Crippen LogP contribution in [0.3, 0.4) is 0 Å². The zero-order valence-electron chi connectivity index (χ0n) is 15.4. The third-order valence-corrected chi connectivity index (χ3v) is 4.48. The van der Waals surface area contributed by atoms with Crippen LogP contribution in [0.2, 0.25) is 0 Å². The molecular formula is C16H32O11. The second-order valence-corrected chi connectivity index (χ2v) is 6.53. The fraction of sp³-hybridized carbons (Fsp3) is 1.00. The highest BCUT2D eigenvalue weighted by atomic mass is 16.7. The van der Waals surface area contributed by atoms with Gasteiger partial charge in [0, 0.05) is 0 Å². The Balaban J connectivity index is 0.000000828. The minimum atomic E-state index is -1.74. The summed E-state index contributed by atoms with van der Waals surface area (Å²) in [7, 11) is 0. The minimum absolute atomic E-state index is 0.667. The van der Waals surface area contributed by atoms with Crippen LogP contribution in [0.25, 0.3) is 0 Å². The van der Waals surface area contributed by atoms with E-state index in [1.807, 2.05) is 0 Å². The van der Waals surface area contributed by atoms with Crippen molar-refractivity contribution < 1.29 is 55.1 Å². The molecule has 0 saturated carbocycles. The van der Waals surface area contributed by atoms with Gasteiger partial charge >= 0.3 is 0 Å². The molecule has 2 heterocycles. The van der Waals surface area contributed by atoms with Crippen molar-refractivity contribution >= 4 is 0 Å². The SMILES string of the molecule is CCCC.OC[C@H]1O[C@@H](O[C@H]2[C@H](O)[C@@H](O)C(O)O[C@@H]2CO)[C@H](O)[C@@H](O)[C@H]1O. The molecule has 0 amide bonds. The van der Waals surface area contributed by atoms with Crippen LogP contribution in [0.15, 0.2) is 0 Å². The molecule has 0 spiro atoms. The Morgan fingerprint density at radius 1 is 0.667 bits per heavy atom. The van der Waals surface area contributed by atoms with Crippen molar-refractivity contribution in [1.29, 1.82) is 0 Å². The highest BCUT2D eigenvalue weighted by Crippen LogP contribution is 2.28. The lowest BCUT2D eigenvalue weighted by molar-refractivity contribution is -0.355. The van der Waals surface area contributed by atoms with Crippen LogP contribution in [-0.4, -0.2) is 115 Å². The lowest BCUT2D eigenvalue weighted by Crippen LogP contribution is -2.64. The largest absolute Gasteiger partial charge is 0.394 e. The lowest BCUT2D eigenvalue weighted by atomic mass is 9.97. The number of unbranched alkanes of at least 4 members (excludes halogenated alkanes) is 1. The van der Waals surface area contributed by atoms with Crippen LogP contribution < -0.4 is 0 Å². The number of rotatable bonds is 5. The van der Waals surface area contributed by atoms with E-state index in [-0.39, 0.29) is 0 Å². The predicted octanol–water partition coefficient (Wildman–Crippen LogP) is -3.59. The molecule has 0 aromatic carbocycles. The summed E-state index contributed by atoms with van der Waals surface area (Å²) in [6.07, 6.45) is -12.9. The molecule has 1 unspecified atom stereocenters. The van der Waals surface area contributed by atoms with Gasteiger partial charge in [-0.2, -0.15) is 0 Å². The molecule has 10 atom stereocenters. The van der Waals surface area contributed by atoms with Gasteiger partial charge < -0.3 is 55.1 Å². The molecule has 11 nitrogen and oxygen atoms in total. The third-order valence-electron chi connectivity index (χ3n) is 4.48. The molecule has 2 saturated heterocycles. The maximum atomic E-state index is 9.94. The molecule has 2 fully saturated rings. The van der Waals surface area contributed by atoms with Gasteiger partial charge in [-0.15, -0.1) is 0 Å². The molecule has 162 valence electrons. The number of hydrogen-bond donors (Lipinski definition) is 8. The van der Waals surface area contributed by atoms with Crippen LogP contribution in [0, 0.1) is 0 Å². The molecule has 11 heteroatoms. The molecule has 0 bridgehead atoms. The average molecular weight is 400 g/mol. The number of ether oxygens (including phenoxy) is 3. The number of aliphatic hydroxyl groups is 8. The Labute approximate surface area is 157 Å². The lowest BCUT2D eigenvalue weighted by Gasteiger charge is -2.45. The maximum absolute atomic E-state index is 9.94. The standard InChI is InChI=1S/C12H22O11.C4H10/c13-1-3-5(15)6(16)9(19)12(22-3)23-10-4(2-14)21-11(20)8(18)7(10)17;1-3-4-2/h3-20H,1-2H2;3-4H2,1-2H3/t3-,4-,5+,6+,7-,8-,9-,10-,11?,12+;/m1./s1. The fourth-order valence-corrected chi connectivity index (χ4v) is 2.57. The number of aliphatic hydroxyl groups excluding tert-OH is 8. The van der Waals surface area contributed by atoms with E-state index in [4.69, 9.17) is 19.3 Å². The summed E-state index contributed by atoms with van der Waals surface area (Å²) in [6.45, 7) is 3.02. The van der Waals surface area contributed by atoms with Crippen molar-refractivity contribution in [3.63, 3.8) is 0 Å². The Bertz CT molecular complexity index is 406. The first kappa shape index (κ1) is 24.6. The van der Waals surface area contributed by atoms with Gasteiger partial charge in [0.15, 0.2) is 12.6 Å². The van der Waals surface area contributed by atoms with Crippen LogP contribution in [0.5, 0.6) is 0 Å². The van der Waals surface area contributed by atoms with E-state index in [2.05, 4.69) is 13.8 Å². The Kier molecular flexibility index (Phi) is 10.5. The Morgan fingerprint density at radius 3 is 1.70 bits per heavy atom. The first-order valence-corrected chi connectivity index (χ1v) is 8.99. The van der Waals surface area contributed by atoms with E-state index in [0.717, 1.165) is 0 Å². The van der Waals surface area contributed by atoms with E-state index in [1.54, 1.807) is 0 Å². The zero-order valence-corrected chi connectivity index (χ0v) is 15.4. The Hall–Kier alpha value is -0.440. The van der Waals surface area contributed by atoms with E-state index >= 15 is 0 Å². The Morgan fingerprint density at radius 2 is 1.22 bits per heavy atom. The van der Waals surface area contributed by atoms with Crippen molar-refractivity contribution in [2.75, 3.05) is 13.2 Å². The minimum Gasteiger partial charge on any atom is -0.394 e. The van der Waals surface area contributed by atoms with Gasteiger partial charge in [0.1, 0.15) is 48.8 Å². The molecule has 2 aliphatic heterocycles. The molecular weight excluding hydrogens is 368 g/mol. The second-order valence-electron chi connectivity index (χ2n) is 6.53. The van der Waals surface area contributed by atoms with Gasteiger partial charge in [-0.25, -0.2) is 0 Å². The fourth-order valence-electron chi connectivity index (χ4n) is 2.57. The molecule has 2 aliphatic rings. The molecule has 2 rings (SSSR count). The summed E-state index contributed by atoms with van der Waals surface area (Å²) in [6, 6.07) is 0. The summed E-state index contributed by atoms with van der Waals surface area (Å²) in [5.41, 5.74) is 0. The van der Waals surface area contributed by atoms with Gasteiger partial charge in [0.05, 0.1) is 13.2 Å². The van der Waals surface area contributed by atoms with E-state index < -0.39 is 74.6 Å². The third kappa shape index (κ3) is 6.02. The van der Waals surface area contributed by atoms with Gasteiger partial charge in [-0.05, 0) is 0 Å². The summed E-state index contributed by atoms with van der Waals surface area (Å²) in [5, 5.41) is 76.5. The van der Waals surface area contributed by atoms with Crippen molar-refractivity contribution in [2.45, 2.75) is 88.1 Å². The van der Waals surface area contributed by atoms with Crippen molar-refractivity contribution in [3.8, 4) is 0 Å². The smallest absolute Gasteiger partial charge is 0.187 e. The van der Waals surface area contributed by atoms with Crippen molar-refractivity contribution in [2.24, 2.45) is 0 Å². The van der Waals surface area contributed by atoms with Crippen LogP contribution >= 0.6 is 0 Å². The molecule has 27 heavy (non-hydrogen) atoms. The summed E-state index contributed by atoms with van der Waals surface area (Å²) in [5.74, 6) is 0. The van der Waals surface area contributed by atoms with Crippen molar-refractivity contribution in [1.82, 2.24) is 0 Å². The molecule has 0 aliphatic carbocycles. The first-order valence-electron chi connectivity index (χ1n) is 8.99. The van der Waals surface area contributed by atoms with Gasteiger partial charge in [-0.3, -0.25) is 0 Å². The summed E-state index contributed by atoms with van der Waals surface area (Å²) >= 11 is 0. The predicted molar refractivity (Wildman–Crippen MR) is 89.2 cm³/mol. The molecule has 8 N–H and O–H groups in total. The summed E-state index contributed by atoms with van der Waals surface area (Å²) in [4.78, 5) is 0. The average Bonchev–Trinajstić information content (AvgIpc) is 2.68. The summed E-state index contributed by atoms with van der Waals surface area (Å²) < 4.78 is 15.3. The van der Waals surface area contributed by atoms with E-state index in [1.165, 1.54) is 12.8 Å². The van der Waals surface area contributed by atoms with Crippen molar-refractivity contribution in [3.05, 3.63) is 0 Å². The van der Waals surface area contributed by atoms with Crippen LogP contribution in [0.1, 0.15) is 26.7 Å². The molecule has 0 aromatic heterocycles. The van der Waals surface area contributed by atoms with Crippen LogP contribution in [0.4, 0.5) is 0 Å². The first-order chi connectivity index (χ1) is 12.7.